The Balaban J connectivity index is 1.25. The van der Waals surface area contributed by atoms with Crippen molar-refractivity contribution in [1.29, 1.82) is 0 Å². The number of phenolic OH excluding ortho intramolecular Hbond substituents is 1. The Bertz CT molecular complexity index is 1690. The van der Waals surface area contributed by atoms with Gasteiger partial charge in [0.1, 0.15) is 11.9 Å². The summed E-state index contributed by atoms with van der Waals surface area (Å²) in [6, 6.07) is 20.0. The topological polar surface area (TPSA) is 79.3 Å². The molecule has 2 bridgehead atoms. The van der Waals surface area contributed by atoms with Crippen LogP contribution in [0.4, 0.5) is 0 Å². The number of likely N-dealkylation sites (tertiary alicyclic amines) is 1. The monoisotopic (exact) mass is 590 g/mol. The third kappa shape index (κ3) is 4.64. The second-order valence-electron chi connectivity index (χ2n) is 12.8. The van der Waals surface area contributed by atoms with Crippen molar-refractivity contribution < 1.29 is 24.2 Å². The largest absolute Gasteiger partial charge is 0.508 e. The maximum absolute atomic E-state index is 13.5. The highest BCUT2D eigenvalue weighted by Crippen LogP contribution is 2.65. The predicted molar refractivity (Wildman–Crippen MR) is 167 cm³/mol. The number of carbonyl (C=O) groups excluding carboxylic acids is 2. The average Bonchev–Trinajstić information content (AvgIpc) is 3.35. The van der Waals surface area contributed by atoms with E-state index in [1.54, 1.807) is 4.90 Å². The molecule has 0 aromatic heterocycles. The first-order valence-corrected chi connectivity index (χ1v) is 15.6. The molecule has 3 aromatic carbocycles. The van der Waals surface area contributed by atoms with E-state index in [0.717, 1.165) is 61.0 Å². The van der Waals surface area contributed by atoms with Gasteiger partial charge in [0.15, 0.2) is 11.5 Å². The highest BCUT2D eigenvalue weighted by molar-refractivity contribution is 5.94. The van der Waals surface area contributed by atoms with E-state index < -0.39 is 11.4 Å². The molecule has 0 unspecified atom stereocenters. The molecular weight excluding hydrogens is 552 g/mol. The first-order valence-electron chi connectivity index (χ1n) is 15.6. The lowest BCUT2D eigenvalue weighted by atomic mass is 9.50. The molecule has 5 atom stereocenters. The fourth-order valence-corrected chi connectivity index (χ4v) is 8.56. The molecule has 1 amide bonds. The van der Waals surface area contributed by atoms with E-state index in [0.29, 0.717) is 12.2 Å². The number of rotatable bonds is 5. The molecule has 44 heavy (non-hydrogen) atoms. The molecule has 2 aliphatic heterocycles. The number of ether oxygens (including phenoxy) is 2. The van der Waals surface area contributed by atoms with Crippen LogP contribution in [0.1, 0.15) is 54.0 Å². The fourth-order valence-electron chi connectivity index (χ4n) is 8.56. The van der Waals surface area contributed by atoms with E-state index in [1.807, 2.05) is 44.3 Å². The van der Waals surface area contributed by atoms with Crippen LogP contribution in [0.15, 0.2) is 60.7 Å². The molecule has 3 aromatic rings. The van der Waals surface area contributed by atoms with Gasteiger partial charge in [0, 0.05) is 60.7 Å². The van der Waals surface area contributed by atoms with Gasteiger partial charge in [0.2, 0.25) is 0 Å². The number of likely N-dealkylation sites (N-methyl/N-ethyl adjacent to an activating group) is 1. The number of benzene rings is 3. The molecule has 7 heteroatoms. The molecule has 226 valence electrons. The summed E-state index contributed by atoms with van der Waals surface area (Å²) in [7, 11) is 1.82. The van der Waals surface area contributed by atoms with Gasteiger partial charge >= 0.3 is 5.97 Å². The summed E-state index contributed by atoms with van der Waals surface area (Å²) in [5, 5.41) is 11.3. The van der Waals surface area contributed by atoms with Gasteiger partial charge in [-0.1, -0.05) is 48.4 Å². The Morgan fingerprint density at radius 1 is 1.14 bits per heavy atom. The van der Waals surface area contributed by atoms with Crippen LogP contribution in [0, 0.1) is 24.7 Å². The van der Waals surface area contributed by atoms with Crippen LogP contribution < -0.4 is 9.47 Å². The van der Waals surface area contributed by atoms with E-state index >= 15 is 0 Å². The molecule has 2 fully saturated rings. The summed E-state index contributed by atoms with van der Waals surface area (Å²) >= 11 is 0. The number of amides is 1. The van der Waals surface area contributed by atoms with Gasteiger partial charge < -0.3 is 19.5 Å². The molecule has 1 spiro atoms. The number of carbonyl (C=O) groups is 2. The van der Waals surface area contributed by atoms with Crippen molar-refractivity contribution in [2.24, 2.45) is 5.92 Å². The molecule has 1 saturated heterocycles. The second-order valence-corrected chi connectivity index (χ2v) is 12.8. The van der Waals surface area contributed by atoms with Gasteiger partial charge in [0.05, 0.1) is 6.04 Å². The zero-order valence-electron chi connectivity index (χ0n) is 25.5. The average molecular weight is 591 g/mol. The van der Waals surface area contributed by atoms with Gasteiger partial charge in [-0.05, 0) is 74.8 Å². The zero-order chi connectivity index (χ0) is 30.6. The van der Waals surface area contributed by atoms with Crippen LogP contribution in [0.2, 0.25) is 0 Å². The standard InChI is InChI=1S/C37H38N2O5/c1-23-8-7-11-26(20-23)12-15-33(42)38(3)29-14-13-28-30-21-27-31(41)22-32(43-24(2)40)35-34(27)37(28,36(29)44-35)17-19-39(30)18-16-25-9-5-4-6-10-25/h4-11,20,22,28-30,36,41H,13-14,16-19,21H2,1-3H3/t28-,29+,30+,36-,37-/m0/s1. The van der Waals surface area contributed by atoms with Gasteiger partial charge in [-0.2, -0.15) is 0 Å². The molecule has 1 saturated carbocycles. The van der Waals surface area contributed by atoms with Crippen molar-refractivity contribution in [3.8, 4) is 29.1 Å². The van der Waals surface area contributed by atoms with Gasteiger partial charge in [-0.25, -0.2) is 0 Å². The first-order chi connectivity index (χ1) is 21.3. The molecule has 7 rings (SSSR count). The number of phenols is 1. The Hall–Kier alpha value is -4.28. The highest BCUT2D eigenvalue weighted by Gasteiger charge is 2.67. The summed E-state index contributed by atoms with van der Waals surface area (Å²) in [5.41, 5.74) is 4.70. The number of hydrogen-bond donors (Lipinski definition) is 1. The van der Waals surface area contributed by atoms with Crippen molar-refractivity contribution in [3.05, 3.63) is 88.5 Å². The smallest absolute Gasteiger partial charge is 0.308 e. The minimum Gasteiger partial charge on any atom is -0.508 e. The SMILES string of the molecule is CC(=O)Oc1cc(O)c2c3c1O[C@H]1[C@H](N(C)C(=O)C#Cc4cccc(C)c4)CC[C@H]4[C@@H](C2)N(CCc2ccccc2)CC[C@@]341. The van der Waals surface area contributed by atoms with Crippen LogP contribution in [0.3, 0.4) is 0 Å². The van der Waals surface area contributed by atoms with Crippen molar-refractivity contribution in [1.82, 2.24) is 9.80 Å². The molecule has 0 radical (unpaired) electrons. The van der Waals surface area contributed by atoms with Gasteiger partial charge in [-0.15, -0.1) is 0 Å². The maximum Gasteiger partial charge on any atom is 0.308 e. The number of nitrogens with zero attached hydrogens (tertiary/aromatic N) is 2. The van der Waals surface area contributed by atoms with Crippen LogP contribution in [-0.4, -0.2) is 65.1 Å². The van der Waals surface area contributed by atoms with Crippen LogP contribution in [0.25, 0.3) is 0 Å². The zero-order valence-corrected chi connectivity index (χ0v) is 25.5. The Morgan fingerprint density at radius 2 is 1.95 bits per heavy atom. The number of esters is 1. The molecule has 7 nitrogen and oxygen atoms in total. The van der Waals surface area contributed by atoms with Crippen LogP contribution in [-0.2, 0) is 27.8 Å². The van der Waals surface area contributed by atoms with Crippen LogP contribution in [0.5, 0.6) is 17.2 Å². The van der Waals surface area contributed by atoms with Crippen LogP contribution >= 0.6 is 0 Å². The number of hydrogen-bond acceptors (Lipinski definition) is 6. The van der Waals surface area contributed by atoms with Crippen molar-refractivity contribution in [3.63, 3.8) is 0 Å². The molecular formula is C37H38N2O5. The summed E-state index contributed by atoms with van der Waals surface area (Å²) in [6.07, 6.45) is 3.90. The maximum atomic E-state index is 13.5. The molecule has 2 aliphatic carbocycles. The van der Waals surface area contributed by atoms with E-state index in [9.17, 15) is 14.7 Å². The van der Waals surface area contributed by atoms with E-state index in [-0.39, 0.29) is 41.5 Å². The summed E-state index contributed by atoms with van der Waals surface area (Å²) < 4.78 is 12.4. The lowest BCUT2D eigenvalue weighted by Crippen LogP contribution is -2.69. The third-order valence-electron chi connectivity index (χ3n) is 10.4. The van der Waals surface area contributed by atoms with Gasteiger partial charge in [0.25, 0.3) is 5.91 Å². The van der Waals surface area contributed by atoms with Crippen molar-refractivity contribution >= 4 is 11.9 Å². The summed E-state index contributed by atoms with van der Waals surface area (Å²) in [4.78, 5) is 29.9. The van der Waals surface area contributed by atoms with Gasteiger partial charge in [-0.3, -0.25) is 14.5 Å². The summed E-state index contributed by atoms with van der Waals surface area (Å²) in [5.74, 6) is 6.44. The normalized spacial score (nSPS) is 26.1. The van der Waals surface area contributed by atoms with E-state index in [4.69, 9.17) is 9.47 Å². The van der Waals surface area contributed by atoms with E-state index in [2.05, 4.69) is 41.0 Å². The fraction of sp³-hybridized carbons (Fsp3) is 0.405. The summed E-state index contributed by atoms with van der Waals surface area (Å²) in [6.45, 7) is 5.20. The number of piperidine rings is 1. The Morgan fingerprint density at radius 3 is 2.73 bits per heavy atom. The Labute approximate surface area is 258 Å². The second kappa shape index (κ2) is 11.0. The molecule has 2 heterocycles. The lowest BCUT2D eigenvalue weighted by Gasteiger charge is -2.60. The first kappa shape index (κ1) is 28.5. The number of aryl methyl sites for hydroxylation is 1. The Kier molecular flexibility index (Phi) is 7.13. The number of aromatic hydroxyl groups is 1. The van der Waals surface area contributed by atoms with Crippen molar-refractivity contribution in [2.75, 3.05) is 20.1 Å². The highest BCUT2D eigenvalue weighted by atomic mass is 16.6. The lowest BCUT2D eigenvalue weighted by molar-refractivity contribution is -0.134. The third-order valence-corrected chi connectivity index (χ3v) is 10.4. The predicted octanol–water partition coefficient (Wildman–Crippen LogP) is 4.79. The molecule has 1 N–H and O–H groups in total. The quantitative estimate of drug-likeness (QED) is 0.262. The minimum absolute atomic E-state index is 0.146. The van der Waals surface area contributed by atoms with Crippen molar-refractivity contribution in [2.45, 2.75) is 69.6 Å². The van der Waals surface area contributed by atoms with E-state index in [1.165, 1.54) is 18.6 Å². The molecule has 4 aliphatic rings. The minimum atomic E-state index is -0.465.